The third kappa shape index (κ3) is 8.92. The summed E-state index contributed by atoms with van der Waals surface area (Å²) in [6, 6.07) is 10.1. The molecular weight excluding hydrogens is 676 g/mol. The van der Waals surface area contributed by atoms with Crippen LogP contribution in [-0.4, -0.2) is 92.5 Å². The highest BCUT2D eigenvalue weighted by molar-refractivity contribution is 6.18. The van der Waals surface area contributed by atoms with Crippen LogP contribution >= 0.6 is 0 Å². The SMILES string of the molecule is CC(C)(C)OC(=O)N1CC(NC(=O)c2ccc(O)cc2)C(OC(=O)c2cc(O)c(C(=O)c3c(O)cccc3C(=O)OCC3CCCCC3)c(O)c2)C1. The molecule has 1 aliphatic carbocycles. The fourth-order valence-electron chi connectivity index (χ4n) is 6.24. The largest absolute Gasteiger partial charge is 0.508 e. The maximum atomic E-state index is 13.7. The molecule has 2 unspecified atom stereocenters. The molecule has 1 aliphatic heterocycles. The van der Waals surface area contributed by atoms with Gasteiger partial charge in [-0.3, -0.25) is 9.59 Å². The van der Waals surface area contributed by atoms with E-state index in [9.17, 15) is 44.4 Å². The summed E-state index contributed by atoms with van der Waals surface area (Å²) < 4.78 is 16.6. The number of phenolic OH excluding ortho intramolecular Hbond substituents is 4. The van der Waals surface area contributed by atoms with Crippen molar-refractivity contribution in [1.29, 1.82) is 0 Å². The van der Waals surface area contributed by atoms with E-state index in [1.54, 1.807) is 20.8 Å². The molecule has 1 heterocycles. The van der Waals surface area contributed by atoms with E-state index in [0.717, 1.165) is 44.2 Å². The van der Waals surface area contributed by atoms with E-state index in [1.165, 1.54) is 47.4 Å². The molecule has 0 spiro atoms. The fourth-order valence-corrected chi connectivity index (χ4v) is 6.24. The molecule has 5 N–H and O–H groups in total. The lowest BCUT2D eigenvalue weighted by molar-refractivity contribution is 0.0177. The zero-order chi connectivity index (χ0) is 37.7. The van der Waals surface area contributed by atoms with Crippen LogP contribution in [0.3, 0.4) is 0 Å². The molecule has 0 radical (unpaired) electrons. The molecule has 276 valence electrons. The number of ether oxygens (including phenoxy) is 3. The number of nitrogens with one attached hydrogen (secondary N) is 1. The number of phenols is 4. The Morgan fingerprint density at radius 1 is 0.788 bits per heavy atom. The number of ketones is 1. The average Bonchev–Trinajstić information content (AvgIpc) is 3.48. The van der Waals surface area contributed by atoms with Gasteiger partial charge in [0.05, 0.1) is 35.9 Å². The third-order valence-corrected chi connectivity index (χ3v) is 8.85. The minimum Gasteiger partial charge on any atom is -0.508 e. The number of nitrogens with zero attached hydrogens (tertiary/aromatic N) is 1. The molecule has 3 aromatic rings. The Balaban J connectivity index is 1.35. The Morgan fingerprint density at radius 2 is 1.44 bits per heavy atom. The van der Waals surface area contributed by atoms with Gasteiger partial charge in [-0.25, -0.2) is 14.4 Å². The standard InChI is InChI=1S/C38H42N2O12/c1-38(2,3)52-37(49)40-18-26(39-34(46)22-12-14-24(41)15-13-22)30(19-40)51-35(47)23-16-28(43)32(29(44)17-23)33(45)31-25(10-7-11-27(31)42)36(48)50-20-21-8-5-4-6-9-21/h7,10-17,21,26,30,41-44H,4-6,8-9,18-20H2,1-3H3,(H,39,46). The van der Waals surface area contributed by atoms with Crippen molar-refractivity contribution in [2.45, 2.75) is 70.6 Å². The maximum absolute atomic E-state index is 13.7. The van der Waals surface area contributed by atoms with Crippen molar-refractivity contribution in [3.8, 4) is 23.0 Å². The Bertz CT molecular complexity index is 1820. The normalized spacial score (nSPS) is 17.6. The number of rotatable bonds is 9. The highest BCUT2D eigenvalue weighted by atomic mass is 16.6. The molecule has 5 rings (SSSR count). The van der Waals surface area contributed by atoms with E-state index >= 15 is 0 Å². The predicted molar refractivity (Wildman–Crippen MR) is 185 cm³/mol. The monoisotopic (exact) mass is 718 g/mol. The first-order valence-electron chi connectivity index (χ1n) is 17.0. The molecule has 2 amide bonds. The molecule has 2 fully saturated rings. The minimum absolute atomic E-state index is 0.0482. The molecule has 0 bridgehead atoms. The fraction of sp³-hybridized carbons (Fsp3) is 0.395. The van der Waals surface area contributed by atoms with Crippen molar-refractivity contribution in [3.05, 3.63) is 82.4 Å². The van der Waals surface area contributed by atoms with Crippen molar-refractivity contribution < 1.29 is 58.6 Å². The number of aromatic hydroxyl groups is 4. The summed E-state index contributed by atoms with van der Waals surface area (Å²) in [7, 11) is 0. The van der Waals surface area contributed by atoms with Gasteiger partial charge in [-0.15, -0.1) is 0 Å². The van der Waals surface area contributed by atoms with Crippen LogP contribution in [-0.2, 0) is 14.2 Å². The Labute approximate surface area is 299 Å². The first-order chi connectivity index (χ1) is 24.6. The van der Waals surface area contributed by atoms with E-state index in [1.807, 2.05) is 0 Å². The van der Waals surface area contributed by atoms with Gasteiger partial charge in [-0.1, -0.05) is 25.3 Å². The lowest BCUT2D eigenvalue weighted by Gasteiger charge is -2.24. The van der Waals surface area contributed by atoms with E-state index in [0.29, 0.717) is 0 Å². The maximum Gasteiger partial charge on any atom is 0.410 e. The van der Waals surface area contributed by atoms with Crippen molar-refractivity contribution in [2.24, 2.45) is 5.92 Å². The van der Waals surface area contributed by atoms with Crippen molar-refractivity contribution in [3.63, 3.8) is 0 Å². The zero-order valence-electron chi connectivity index (χ0n) is 29.1. The zero-order valence-corrected chi connectivity index (χ0v) is 29.1. The molecular formula is C38H42N2O12. The van der Waals surface area contributed by atoms with Crippen LogP contribution in [0.15, 0.2) is 54.6 Å². The van der Waals surface area contributed by atoms with Crippen molar-refractivity contribution in [2.75, 3.05) is 19.7 Å². The number of amides is 2. The topological polar surface area (TPSA) is 209 Å². The van der Waals surface area contributed by atoms with Gasteiger partial charge in [-0.2, -0.15) is 0 Å². The van der Waals surface area contributed by atoms with E-state index in [-0.39, 0.29) is 48.1 Å². The van der Waals surface area contributed by atoms with Gasteiger partial charge >= 0.3 is 18.0 Å². The number of hydrogen-bond donors (Lipinski definition) is 5. The number of benzene rings is 3. The second kappa shape index (κ2) is 15.6. The van der Waals surface area contributed by atoms with Crippen LogP contribution in [0, 0.1) is 5.92 Å². The van der Waals surface area contributed by atoms with E-state index in [4.69, 9.17) is 14.2 Å². The highest BCUT2D eigenvalue weighted by Gasteiger charge is 2.41. The molecule has 2 aliphatic rings. The third-order valence-electron chi connectivity index (χ3n) is 8.85. The predicted octanol–water partition coefficient (Wildman–Crippen LogP) is 5.05. The molecule has 52 heavy (non-hydrogen) atoms. The first kappa shape index (κ1) is 37.5. The summed E-state index contributed by atoms with van der Waals surface area (Å²) >= 11 is 0. The quantitative estimate of drug-likeness (QED) is 0.112. The highest BCUT2D eigenvalue weighted by Crippen LogP contribution is 2.35. The van der Waals surface area contributed by atoms with Crippen LogP contribution in [0.1, 0.15) is 99.9 Å². The number of likely N-dealkylation sites (tertiary alicyclic amines) is 1. The molecule has 2 atom stereocenters. The lowest BCUT2D eigenvalue weighted by Crippen LogP contribution is -2.44. The van der Waals surface area contributed by atoms with Gasteiger partial charge in [-0.05, 0) is 88.1 Å². The van der Waals surface area contributed by atoms with Crippen molar-refractivity contribution >= 4 is 29.7 Å². The van der Waals surface area contributed by atoms with Crippen LogP contribution in [0.4, 0.5) is 4.79 Å². The summed E-state index contributed by atoms with van der Waals surface area (Å²) in [5.41, 5.74) is -2.47. The van der Waals surface area contributed by atoms with Gasteiger partial charge in [0.1, 0.15) is 40.3 Å². The summed E-state index contributed by atoms with van der Waals surface area (Å²) in [6.07, 6.45) is 3.17. The van der Waals surface area contributed by atoms with E-state index < -0.39 is 75.8 Å². The summed E-state index contributed by atoms with van der Waals surface area (Å²) in [5, 5.41) is 44.8. The van der Waals surface area contributed by atoms with Gasteiger partial charge in [0.15, 0.2) is 0 Å². The molecule has 3 aromatic carbocycles. The Hall–Kier alpha value is -5.79. The van der Waals surface area contributed by atoms with Gasteiger partial charge in [0.2, 0.25) is 5.78 Å². The summed E-state index contributed by atoms with van der Waals surface area (Å²) in [5.74, 6) is -5.74. The summed E-state index contributed by atoms with van der Waals surface area (Å²) in [6.45, 7) is 4.92. The van der Waals surface area contributed by atoms with Crippen LogP contribution in [0.2, 0.25) is 0 Å². The average molecular weight is 719 g/mol. The van der Waals surface area contributed by atoms with Crippen LogP contribution in [0.25, 0.3) is 0 Å². The van der Waals surface area contributed by atoms with Gasteiger partial charge in [0, 0.05) is 12.1 Å². The Morgan fingerprint density at radius 3 is 2.08 bits per heavy atom. The molecule has 1 saturated carbocycles. The minimum atomic E-state index is -1.12. The first-order valence-corrected chi connectivity index (χ1v) is 17.0. The Kier molecular flexibility index (Phi) is 11.3. The number of carbonyl (C=O) groups excluding carboxylic acids is 5. The molecule has 14 nitrogen and oxygen atoms in total. The van der Waals surface area contributed by atoms with Crippen LogP contribution < -0.4 is 5.32 Å². The second-order valence-electron chi connectivity index (χ2n) is 14.0. The molecule has 0 aromatic heterocycles. The van der Waals surface area contributed by atoms with Gasteiger partial charge < -0.3 is 44.9 Å². The number of hydrogen-bond acceptors (Lipinski definition) is 12. The number of esters is 2. The summed E-state index contributed by atoms with van der Waals surface area (Å²) in [4.78, 5) is 67.3. The van der Waals surface area contributed by atoms with Crippen molar-refractivity contribution in [1.82, 2.24) is 10.2 Å². The van der Waals surface area contributed by atoms with Crippen LogP contribution in [0.5, 0.6) is 23.0 Å². The van der Waals surface area contributed by atoms with Gasteiger partial charge in [0.25, 0.3) is 5.91 Å². The number of carbonyl (C=O) groups is 5. The molecule has 14 heteroatoms. The lowest BCUT2D eigenvalue weighted by atomic mass is 9.90. The second-order valence-corrected chi connectivity index (χ2v) is 14.0. The molecule has 1 saturated heterocycles. The van der Waals surface area contributed by atoms with E-state index in [2.05, 4.69) is 5.32 Å². The smallest absolute Gasteiger partial charge is 0.410 e.